The molecule has 1 aromatic rings. The summed E-state index contributed by atoms with van der Waals surface area (Å²) in [5.74, 6) is -0.357. The van der Waals surface area contributed by atoms with Gasteiger partial charge in [-0.05, 0) is 18.4 Å². The highest BCUT2D eigenvalue weighted by Crippen LogP contribution is 2.44. The van der Waals surface area contributed by atoms with E-state index in [2.05, 4.69) is 5.32 Å². The summed E-state index contributed by atoms with van der Waals surface area (Å²) >= 11 is 0. The molecule has 18 heavy (non-hydrogen) atoms. The number of aliphatic hydroxyl groups excluding tert-OH is 1. The van der Waals surface area contributed by atoms with Gasteiger partial charge < -0.3 is 16.2 Å². The molecule has 0 radical (unpaired) electrons. The lowest BCUT2D eigenvalue weighted by molar-refractivity contribution is -0.122. The Hall–Kier alpha value is -1.39. The third-order valence-corrected chi connectivity index (χ3v) is 3.68. The van der Waals surface area contributed by atoms with Crippen LogP contribution in [0.4, 0.5) is 0 Å². The summed E-state index contributed by atoms with van der Waals surface area (Å²) in [7, 11) is 0. The van der Waals surface area contributed by atoms with Crippen LogP contribution in [0.3, 0.4) is 0 Å². The lowest BCUT2D eigenvalue weighted by Crippen LogP contribution is -2.37. The van der Waals surface area contributed by atoms with Crippen molar-refractivity contribution in [3.05, 3.63) is 35.9 Å². The smallest absolute Gasteiger partial charge is 0.228 e. The first-order chi connectivity index (χ1) is 8.71. The average molecular weight is 248 g/mol. The molecule has 1 aromatic carbocycles. The van der Waals surface area contributed by atoms with Crippen molar-refractivity contribution >= 4 is 5.91 Å². The second-order valence-electron chi connectivity index (χ2n) is 5.07. The van der Waals surface area contributed by atoms with E-state index in [1.807, 2.05) is 30.3 Å². The minimum absolute atomic E-state index is 0.0524. The fourth-order valence-electron chi connectivity index (χ4n) is 2.05. The quantitative estimate of drug-likeness (QED) is 0.690. The van der Waals surface area contributed by atoms with E-state index in [0.29, 0.717) is 13.1 Å². The van der Waals surface area contributed by atoms with E-state index in [0.717, 1.165) is 18.4 Å². The Kier molecular flexibility index (Phi) is 3.99. The van der Waals surface area contributed by atoms with Gasteiger partial charge >= 0.3 is 0 Å². The van der Waals surface area contributed by atoms with Crippen LogP contribution in [0.15, 0.2) is 30.3 Å². The van der Waals surface area contributed by atoms with E-state index in [4.69, 9.17) is 5.73 Å². The Labute approximate surface area is 107 Å². The molecule has 1 saturated carbocycles. The summed E-state index contributed by atoms with van der Waals surface area (Å²) in [5.41, 5.74) is 6.56. The van der Waals surface area contributed by atoms with Crippen molar-refractivity contribution in [2.24, 2.45) is 11.1 Å². The van der Waals surface area contributed by atoms with Crippen molar-refractivity contribution in [2.45, 2.75) is 18.8 Å². The number of nitrogens with two attached hydrogens (primary N) is 1. The number of amides is 1. The molecule has 1 unspecified atom stereocenters. The first kappa shape index (κ1) is 13.1. The van der Waals surface area contributed by atoms with Crippen LogP contribution in [0.25, 0.3) is 0 Å². The van der Waals surface area contributed by atoms with Crippen molar-refractivity contribution in [3.63, 3.8) is 0 Å². The molecule has 4 nitrogen and oxygen atoms in total. The predicted octanol–water partition coefficient (Wildman–Crippen LogP) is 0.618. The van der Waals surface area contributed by atoms with Crippen LogP contribution in [-0.2, 0) is 4.79 Å². The van der Waals surface area contributed by atoms with Crippen LogP contribution in [0.2, 0.25) is 0 Å². The lowest BCUT2D eigenvalue weighted by atomic mass is 9.98. The van der Waals surface area contributed by atoms with Crippen LogP contribution < -0.4 is 11.1 Å². The highest BCUT2D eigenvalue weighted by Gasteiger charge is 2.42. The van der Waals surface area contributed by atoms with E-state index in [1.54, 1.807) is 0 Å². The maximum atomic E-state index is 12.1. The summed E-state index contributed by atoms with van der Waals surface area (Å²) in [6, 6.07) is 9.55. The van der Waals surface area contributed by atoms with Gasteiger partial charge in [-0.25, -0.2) is 0 Å². The number of rotatable bonds is 6. The van der Waals surface area contributed by atoms with Crippen molar-refractivity contribution in [2.75, 3.05) is 19.7 Å². The standard InChI is InChI=1S/C14H20N2O2/c15-8-12(11-4-2-1-3-5-11)13(18)16-9-14(10-17)6-7-14/h1-5,12,17H,6-10,15H2,(H,16,18). The number of hydrogen-bond donors (Lipinski definition) is 3. The molecule has 0 spiro atoms. The summed E-state index contributed by atoms with van der Waals surface area (Å²) in [6.45, 7) is 0.986. The summed E-state index contributed by atoms with van der Waals surface area (Å²) in [6.07, 6.45) is 1.98. The topological polar surface area (TPSA) is 75.4 Å². The molecule has 0 bridgehead atoms. The molecule has 0 saturated heterocycles. The summed E-state index contributed by atoms with van der Waals surface area (Å²) in [4.78, 5) is 12.1. The number of benzene rings is 1. The fraction of sp³-hybridized carbons (Fsp3) is 0.500. The van der Waals surface area contributed by atoms with E-state index >= 15 is 0 Å². The first-order valence-electron chi connectivity index (χ1n) is 6.34. The number of aliphatic hydroxyl groups is 1. The van der Waals surface area contributed by atoms with Gasteiger partial charge in [0.25, 0.3) is 0 Å². The molecule has 1 aliphatic carbocycles. The molecule has 0 aromatic heterocycles. The minimum atomic E-state index is -0.305. The Morgan fingerprint density at radius 2 is 2.06 bits per heavy atom. The van der Waals surface area contributed by atoms with Gasteiger partial charge in [-0.3, -0.25) is 4.79 Å². The van der Waals surface area contributed by atoms with E-state index in [1.165, 1.54) is 0 Å². The maximum Gasteiger partial charge on any atom is 0.228 e. The molecule has 0 aliphatic heterocycles. The highest BCUT2D eigenvalue weighted by atomic mass is 16.3. The Morgan fingerprint density at radius 1 is 1.39 bits per heavy atom. The van der Waals surface area contributed by atoms with Gasteiger partial charge in [0.15, 0.2) is 0 Å². The molecule has 4 heteroatoms. The lowest BCUT2D eigenvalue weighted by Gasteiger charge is -2.18. The van der Waals surface area contributed by atoms with Gasteiger partial charge in [0.2, 0.25) is 5.91 Å². The minimum Gasteiger partial charge on any atom is -0.396 e. The first-order valence-corrected chi connectivity index (χ1v) is 6.34. The Balaban J connectivity index is 1.94. The van der Waals surface area contributed by atoms with Crippen LogP contribution in [-0.4, -0.2) is 30.7 Å². The second kappa shape index (κ2) is 5.50. The molecule has 1 aliphatic rings. The zero-order valence-corrected chi connectivity index (χ0v) is 10.4. The molecule has 2 rings (SSSR count). The molecule has 98 valence electrons. The van der Waals surface area contributed by atoms with E-state index in [-0.39, 0.29) is 23.8 Å². The second-order valence-corrected chi connectivity index (χ2v) is 5.07. The van der Waals surface area contributed by atoms with Crippen molar-refractivity contribution < 1.29 is 9.90 Å². The molecule has 1 amide bonds. The number of carbonyl (C=O) groups is 1. The maximum absolute atomic E-state index is 12.1. The summed E-state index contributed by atoms with van der Waals surface area (Å²) in [5, 5.41) is 12.1. The fourth-order valence-corrected chi connectivity index (χ4v) is 2.05. The number of carbonyl (C=O) groups excluding carboxylic acids is 1. The third kappa shape index (κ3) is 2.89. The zero-order chi connectivity index (χ0) is 13.0. The van der Waals surface area contributed by atoms with Gasteiger partial charge in [-0.1, -0.05) is 30.3 Å². The molecular weight excluding hydrogens is 228 g/mol. The molecular formula is C14H20N2O2. The third-order valence-electron chi connectivity index (χ3n) is 3.68. The van der Waals surface area contributed by atoms with Gasteiger partial charge in [-0.2, -0.15) is 0 Å². The van der Waals surface area contributed by atoms with Gasteiger partial charge in [0.05, 0.1) is 12.5 Å². The zero-order valence-electron chi connectivity index (χ0n) is 10.4. The Bertz CT molecular complexity index is 402. The SMILES string of the molecule is NCC(C(=O)NCC1(CO)CC1)c1ccccc1. The van der Waals surface area contributed by atoms with Gasteiger partial charge in [0, 0.05) is 18.5 Å². The summed E-state index contributed by atoms with van der Waals surface area (Å²) < 4.78 is 0. The van der Waals surface area contributed by atoms with Crippen molar-refractivity contribution in [1.82, 2.24) is 5.32 Å². The van der Waals surface area contributed by atoms with Crippen LogP contribution >= 0.6 is 0 Å². The van der Waals surface area contributed by atoms with Crippen LogP contribution in [0, 0.1) is 5.41 Å². The molecule has 1 fully saturated rings. The monoisotopic (exact) mass is 248 g/mol. The average Bonchev–Trinajstić information content (AvgIpc) is 3.19. The highest BCUT2D eigenvalue weighted by molar-refractivity contribution is 5.83. The molecule has 4 N–H and O–H groups in total. The molecule has 1 atom stereocenters. The largest absolute Gasteiger partial charge is 0.396 e. The van der Waals surface area contributed by atoms with E-state index in [9.17, 15) is 9.90 Å². The van der Waals surface area contributed by atoms with Crippen LogP contribution in [0.1, 0.15) is 24.3 Å². The predicted molar refractivity (Wildman–Crippen MR) is 70.0 cm³/mol. The molecule has 0 heterocycles. The van der Waals surface area contributed by atoms with Crippen molar-refractivity contribution in [3.8, 4) is 0 Å². The van der Waals surface area contributed by atoms with Gasteiger partial charge in [-0.15, -0.1) is 0 Å². The number of nitrogens with one attached hydrogen (secondary N) is 1. The van der Waals surface area contributed by atoms with Crippen LogP contribution in [0.5, 0.6) is 0 Å². The van der Waals surface area contributed by atoms with Crippen molar-refractivity contribution in [1.29, 1.82) is 0 Å². The normalized spacial score (nSPS) is 18.1. The van der Waals surface area contributed by atoms with Gasteiger partial charge in [0.1, 0.15) is 0 Å². The Morgan fingerprint density at radius 3 is 2.56 bits per heavy atom. The number of hydrogen-bond acceptors (Lipinski definition) is 3. The van der Waals surface area contributed by atoms with E-state index < -0.39 is 0 Å².